The molecule has 0 aliphatic carbocycles. The van der Waals surface area contributed by atoms with Gasteiger partial charge in [-0.05, 0) is 24.3 Å². The number of anilines is 3. The van der Waals surface area contributed by atoms with Crippen molar-refractivity contribution in [3.05, 3.63) is 87.4 Å². The Morgan fingerprint density at radius 2 is 1.56 bits per heavy atom. The first-order valence-corrected chi connectivity index (χ1v) is 9.61. The summed E-state index contributed by atoms with van der Waals surface area (Å²) in [5, 5.41) is 0.133. The Morgan fingerprint density at radius 3 is 2.16 bits per heavy atom. The number of aryl methyl sites for hydroxylation is 1. The minimum absolute atomic E-state index is 0.133. The molecule has 0 fully saturated rings. The average Bonchev–Trinajstić information content (AvgIpc) is 2.67. The highest BCUT2D eigenvalue weighted by Gasteiger charge is 2.27. The monoisotopic (exact) mass is 369 g/mol. The molecule has 2 aromatic carbocycles. The lowest BCUT2D eigenvalue weighted by molar-refractivity contribution is 0.459. The van der Waals surface area contributed by atoms with Gasteiger partial charge in [0.1, 0.15) is 5.76 Å². The van der Waals surface area contributed by atoms with Gasteiger partial charge >= 0.3 is 5.63 Å². The van der Waals surface area contributed by atoms with E-state index in [0.717, 1.165) is 46.3 Å². The molecule has 0 spiro atoms. The maximum atomic E-state index is 12.3. The normalized spacial score (nSPS) is 13.3. The van der Waals surface area contributed by atoms with Crippen molar-refractivity contribution in [1.29, 1.82) is 0 Å². The molecular weight excluding hydrogens is 354 g/mol. The number of nitrogens with zero attached hydrogens (tertiary/aromatic N) is 1. The first-order valence-electron chi connectivity index (χ1n) is 8.08. The molecule has 126 valence electrons. The molecule has 0 saturated heterocycles. The van der Waals surface area contributed by atoms with Gasteiger partial charge in [0.05, 0.1) is 5.69 Å². The number of hydrogen-bond acceptors (Lipinski definition) is 4. The Hall–Kier alpha value is -2.17. The van der Waals surface area contributed by atoms with E-state index < -0.39 is 5.63 Å². The second-order valence-electron chi connectivity index (χ2n) is 5.76. The molecule has 5 heteroatoms. The first-order chi connectivity index (χ1) is 12.3. The van der Waals surface area contributed by atoms with E-state index in [0.29, 0.717) is 0 Å². The van der Waals surface area contributed by atoms with Crippen LogP contribution in [0.5, 0.6) is 0 Å². The largest absolute Gasteiger partial charge is 0.426 e. The van der Waals surface area contributed by atoms with Crippen LogP contribution in [-0.4, -0.2) is 5.75 Å². The van der Waals surface area contributed by atoms with Crippen molar-refractivity contribution in [2.24, 2.45) is 0 Å². The smallest absolute Gasteiger partial charge is 0.357 e. The standard InChI is InChI=1S/C20H16ClNO2S/c21-18-19(16-13-25-12-11-17(16)24-20(18)23)22(14-7-3-1-4-8-14)15-9-5-2-6-10-15/h1-10H,11-13H2. The molecule has 0 bridgehead atoms. The summed E-state index contributed by atoms with van der Waals surface area (Å²) in [6.45, 7) is 0. The summed E-state index contributed by atoms with van der Waals surface area (Å²) in [7, 11) is 0. The Labute approximate surface area is 155 Å². The van der Waals surface area contributed by atoms with E-state index in [-0.39, 0.29) is 5.02 Å². The zero-order valence-electron chi connectivity index (χ0n) is 13.4. The molecule has 1 aromatic heterocycles. The quantitative estimate of drug-likeness (QED) is 0.605. The molecule has 0 radical (unpaired) electrons. The van der Waals surface area contributed by atoms with Gasteiger partial charge in [0.2, 0.25) is 0 Å². The maximum absolute atomic E-state index is 12.3. The summed E-state index contributed by atoms with van der Waals surface area (Å²) in [4.78, 5) is 14.4. The van der Waals surface area contributed by atoms with Crippen molar-refractivity contribution in [2.75, 3.05) is 10.7 Å². The van der Waals surface area contributed by atoms with Crippen LogP contribution in [-0.2, 0) is 12.2 Å². The van der Waals surface area contributed by atoms with Crippen LogP contribution in [0.4, 0.5) is 17.1 Å². The SMILES string of the molecule is O=c1oc2c(c(N(c3ccccc3)c3ccccc3)c1Cl)CSCC2. The van der Waals surface area contributed by atoms with Crippen LogP contribution in [0.2, 0.25) is 5.02 Å². The summed E-state index contributed by atoms with van der Waals surface area (Å²) >= 11 is 8.29. The van der Waals surface area contributed by atoms with Crippen LogP contribution in [0.3, 0.4) is 0 Å². The summed E-state index contributed by atoms with van der Waals surface area (Å²) in [6.07, 6.45) is 0.747. The van der Waals surface area contributed by atoms with Crippen LogP contribution in [0.25, 0.3) is 0 Å². The number of benzene rings is 2. The van der Waals surface area contributed by atoms with Crippen molar-refractivity contribution >= 4 is 40.4 Å². The van der Waals surface area contributed by atoms with Crippen LogP contribution in [0.1, 0.15) is 11.3 Å². The number of halogens is 1. The van der Waals surface area contributed by atoms with E-state index in [2.05, 4.69) is 0 Å². The average molecular weight is 370 g/mol. The number of rotatable bonds is 3. The highest BCUT2D eigenvalue weighted by Crippen LogP contribution is 2.43. The van der Waals surface area contributed by atoms with E-state index in [4.69, 9.17) is 16.0 Å². The topological polar surface area (TPSA) is 33.5 Å². The van der Waals surface area contributed by atoms with E-state index in [9.17, 15) is 4.79 Å². The summed E-state index contributed by atoms with van der Waals surface area (Å²) in [6, 6.07) is 19.9. The van der Waals surface area contributed by atoms with Crippen LogP contribution in [0.15, 0.2) is 69.9 Å². The zero-order valence-corrected chi connectivity index (χ0v) is 15.0. The second-order valence-corrected chi connectivity index (χ2v) is 7.25. The number of hydrogen-bond donors (Lipinski definition) is 0. The van der Waals surface area contributed by atoms with Crippen LogP contribution in [0, 0.1) is 0 Å². The zero-order chi connectivity index (χ0) is 17.2. The number of fused-ring (bicyclic) bond motifs is 1. The fourth-order valence-electron chi connectivity index (χ4n) is 3.06. The van der Waals surface area contributed by atoms with Crippen molar-refractivity contribution in [1.82, 2.24) is 0 Å². The Kier molecular flexibility index (Phi) is 4.55. The van der Waals surface area contributed by atoms with Gasteiger partial charge in [0.25, 0.3) is 0 Å². The van der Waals surface area contributed by atoms with Gasteiger partial charge in [0.15, 0.2) is 5.02 Å². The molecule has 0 amide bonds. The highest BCUT2D eigenvalue weighted by atomic mass is 35.5. The summed E-state index contributed by atoms with van der Waals surface area (Å²) in [5.41, 5.74) is 3.18. The third-order valence-corrected chi connectivity index (χ3v) is 5.52. The van der Waals surface area contributed by atoms with Crippen molar-refractivity contribution < 1.29 is 4.42 Å². The lowest BCUT2D eigenvalue weighted by Crippen LogP contribution is -2.20. The predicted octanol–water partition coefficient (Wildman–Crippen LogP) is 5.55. The first kappa shape index (κ1) is 16.3. The van der Waals surface area contributed by atoms with Crippen LogP contribution >= 0.6 is 23.4 Å². The molecule has 1 aliphatic heterocycles. The minimum Gasteiger partial charge on any atom is -0.426 e. The van der Waals surface area contributed by atoms with Gasteiger partial charge in [-0.25, -0.2) is 4.79 Å². The molecule has 1 aliphatic rings. The van der Waals surface area contributed by atoms with Crippen molar-refractivity contribution in [3.63, 3.8) is 0 Å². The molecule has 3 aromatic rings. The van der Waals surface area contributed by atoms with Crippen molar-refractivity contribution in [2.45, 2.75) is 12.2 Å². The second kappa shape index (κ2) is 6.98. The Bertz CT molecular complexity index is 902. The molecule has 3 nitrogen and oxygen atoms in total. The molecule has 0 unspecified atom stereocenters. The molecule has 4 rings (SSSR count). The van der Waals surface area contributed by atoms with Gasteiger partial charge in [-0.2, -0.15) is 11.8 Å². The molecule has 0 saturated carbocycles. The van der Waals surface area contributed by atoms with Gasteiger partial charge < -0.3 is 9.32 Å². The summed E-state index contributed by atoms with van der Waals surface area (Å²) < 4.78 is 5.47. The van der Waals surface area contributed by atoms with Gasteiger partial charge in [-0.15, -0.1) is 0 Å². The fourth-order valence-corrected chi connectivity index (χ4v) is 4.28. The van der Waals surface area contributed by atoms with E-state index in [1.54, 1.807) is 0 Å². The third kappa shape index (κ3) is 3.08. The minimum atomic E-state index is -0.473. The summed E-state index contributed by atoms with van der Waals surface area (Å²) in [5.74, 6) is 2.48. The van der Waals surface area contributed by atoms with Gasteiger partial charge in [-0.1, -0.05) is 48.0 Å². The molecular formula is C20H16ClNO2S. The number of para-hydroxylation sites is 2. The highest BCUT2D eigenvalue weighted by molar-refractivity contribution is 7.98. The molecule has 25 heavy (non-hydrogen) atoms. The van der Waals surface area contributed by atoms with E-state index in [1.807, 2.05) is 77.3 Å². The molecule has 0 N–H and O–H groups in total. The van der Waals surface area contributed by atoms with E-state index >= 15 is 0 Å². The predicted molar refractivity (Wildman–Crippen MR) is 105 cm³/mol. The lowest BCUT2D eigenvalue weighted by atomic mass is 10.1. The Morgan fingerprint density at radius 1 is 0.960 bits per heavy atom. The van der Waals surface area contributed by atoms with Gasteiger partial charge in [-0.3, -0.25) is 0 Å². The number of thioether (sulfide) groups is 1. The lowest BCUT2D eigenvalue weighted by Gasteiger charge is -2.29. The van der Waals surface area contributed by atoms with Crippen LogP contribution < -0.4 is 10.5 Å². The third-order valence-electron chi connectivity index (χ3n) is 4.20. The fraction of sp³-hybridized carbons (Fsp3) is 0.150. The van der Waals surface area contributed by atoms with Crippen molar-refractivity contribution in [3.8, 4) is 0 Å². The molecule has 2 heterocycles. The van der Waals surface area contributed by atoms with E-state index in [1.165, 1.54) is 0 Å². The maximum Gasteiger partial charge on any atom is 0.357 e. The molecule has 0 atom stereocenters. The Balaban J connectivity index is 2.01. The van der Waals surface area contributed by atoms with Gasteiger partial charge in [0, 0.05) is 34.9 Å².